The number of H-pyrrole nitrogens is 1. The van der Waals surface area contributed by atoms with Crippen LogP contribution >= 0.6 is 0 Å². The summed E-state index contributed by atoms with van der Waals surface area (Å²) in [4.78, 5) is 26.5. The summed E-state index contributed by atoms with van der Waals surface area (Å²) in [7, 11) is 0. The van der Waals surface area contributed by atoms with E-state index in [1.807, 2.05) is 44.2 Å². The van der Waals surface area contributed by atoms with Gasteiger partial charge in [0.15, 0.2) is 0 Å². The van der Waals surface area contributed by atoms with Gasteiger partial charge in [0, 0.05) is 12.1 Å². The maximum absolute atomic E-state index is 11.9. The molecule has 0 bridgehead atoms. The highest BCUT2D eigenvalue weighted by Crippen LogP contribution is 2.00. The van der Waals surface area contributed by atoms with Crippen molar-refractivity contribution in [3.05, 3.63) is 62.8 Å². The van der Waals surface area contributed by atoms with E-state index in [9.17, 15) is 9.59 Å². The molecule has 1 aromatic heterocycles. The van der Waals surface area contributed by atoms with Gasteiger partial charge in [-0.15, -0.1) is 0 Å². The molecule has 2 rings (SSSR count). The average molecular weight is 259 g/mol. The summed E-state index contributed by atoms with van der Waals surface area (Å²) in [6, 6.07) is 11.0. The summed E-state index contributed by atoms with van der Waals surface area (Å²) in [6.45, 7) is 4.15. The molecule has 0 atom stereocenters. The maximum Gasteiger partial charge on any atom is 0.330 e. The van der Waals surface area contributed by atoms with Gasteiger partial charge in [-0.25, -0.2) is 4.79 Å². The summed E-state index contributed by atoms with van der Waals surface area (Å²) in [5.41, 5.74) is 0.204. The largest absolute Gasteiger partial charge is 0.369 e. The van der Waals surface area contributed by atoms with Gasteiger partial charge in [0.1, 0.15) is 5.82 Å². The lowest BCUT2D eigenvalue weighted by Crippen LogP contribution is -2.36. The van der Waals surface area contributed by atoms with Crippen molar-refractivity contribution >= 4 is 5.82 Å². The Morgan fingerprint density at radius 3 is 2.47 bits per heavy atom. The molecular weight excluding hydrogens is 242 g/mol. The molecule has 100 valence electrons. The Morgan fingerprint density at radius 1 is 1.21 bits per heavy atom. The van der Waals surface area contributed by atoms with Crippen molar-refractivity contribution in [2.24, 2.45) is 0 Å². The van der Waals surface area contributed by atoms with Crippen LogP contribution in [0, 0.1) is 0 Å². The fourth-order valence-corrected chi connectivity index (χ4v) is 1.82. The Balaban J connectivity index is 2.33. The lowest BCUT2D eigenvalue weighted by atomic mass is 10.2. The zero-order chi connectivity index (χ0) is 13.8. The molecule has 0 amide bonds. The minimum absolute atomic E-state index is 0.153. The molecule has 0 radical (unpaired) electrons. The van der Waals surface area contributed by atoms with Gasteiger partial charge in [0.25, 0.3) is 5.56 Å². The van der Waals surface area contributed by atoms with Crippen LogP contribution in [0.25, 0.3) is 0 Å². The van der Waals surface area contributed by atoms with Gasteiger partial charge in [-0.3, -0.25) is 14.3 Å². The molecule has 0 saturated heterocycles. The normalized spacial score (nSPS) is 10.7. The van der Waals surface area contributed by atoms with Gasteiger partial charge in [0.2, 0.25) is 0 Å². The number of nitrogens with one attached hydrogen (secondary N) is 2. The van der Waals surface area contributed by atoms with E-state index in [-0.39, 0.29) is 18.1 Å². The Labute approximate surface area is 110 Å². The van der Waals surface area contributed by atoms with Crippen LogP contribution in [-0.2, 0) is 6.54 Å². The Bertz CT molecular complexity index is 625. The topological polar surface area (TPSA) is 66.9 Å². The fraction of sp³-hybridized carbons (Fsp3) is 0.286. The summed E-state index contributed by atoms with van der Waals surface area (Å²) >= 11 is 0. The van der Waals surface area contributed by atoms with Crippen LogP contribution in [0.5, 0.6) is 0 Å². The SMILES string of the molecule is CC(C)Nc1cc(=O)n(Cc2ccccc2)c(=O)[nH]1. The zero-order valence-electron chi connectivity index (χ0n) is 11.0. The van der Waals surface area contributed by atoms with E-state index in [4.69, 9.17) is 0 Å². The first kappa shape index (κ1) is 13.1. The van der Waals surface area contributed by atoms with Gasteiger partial charge in [-0.05, 0) is 19.4 Å². The molecule has 0 aliphatic rings. The molecule has 2 aromatic rings. The van der Waals surface area contributed by atoms with Crippen LogP contribution in [-0.4, -0.2) is 15.6 Å². The molecule has 5 heteroatoms. The van der Waals surface area contributed by atoms with Crippen LogP contribution in [0.2, 0.25) is 0 Å². The Morgan fingerprint density at radius 2 is 1.89 bits per heavy atom. The molecule has 1 heterocycles. The van der Waals surface area contributed by atoms with E-state index in [0.29, 0.717) is 5.82 Å². The van der Waals surface area contributed by atoms with Crippen molar-refractivity contribution in [1.82, 2.24) is 9.55 Å². The smallest absolute Gasteiger partial charge is 0.330 e. The third-order valence-electron chi connectivity index (χ3n) is 2.65. The average Bonchev–Trinajstić information content (AvgIpc) is 2.34. The standard InChI is InChI=1S/C14H17N3O2/c1-10(2)15-12-8-13(18)17(14(19)16-12)9-11-6-4-3-5-7-11/h3-8,10,15H,9H2,1-2H3,(H,16,19). The molecule has 0 aliphatic carbocycles. The number of aromatic nitrogens is 2. The Hall–Kier alpha value is -2.30. The van der Waals surface area contributed by atoms with Crippen molar-refractivity contribution in [1.29, 1.82) is 0 Å². The summed E-state index contributed by atoms with van der Waals surface area (Å²) < 4.78 is 1.18. The number of hydrogen-bond donors (Lipinski definition) is 2. The maximum atomic E-state index is 11.9. The van der Waals surface area contributed by atoms with Crippen LogP contribution in [0.15, 0.2) is 46.0 Å². The zero-order valence-corrected chi connectivity index (χ0v) is 11.0. The van der Waals surface area contributed by atoms with E-state index >= 15 is 0 Å². The highest BCUT2D eigenvalue weighted by Gasteiger charge is 2.05. The monoisotopic (exact) mass is 259 g/mol. The minimum Gasteiger partial charge on any atom is -0.369 e. The molecular formula is C14H17N3O2. The van der Waals surface area contributed by atoms with E-state index in [0.717, 1.165) is 5.56 Å². The quantitative estimate of drug-likeness (QED) is 0.872. The molecule has 5 nitrogen and oxygen atoms in total. The van der Waals surface area contributed by atoms with Gasteiger partial charge in [-0.2, -0.15) is 0 Å². The predicted octanol–water partition coefficient (Wildman–Crippen LogP) is 1.41. The van der Waals surface area contributed by atoms with Gasteiger partial charge in [-0.1, -0.05) is 30.3 Å². The molecule has 1 aromatic carbocycles. The first-order chi connectivity index (χ1) is 9.06. The van der Waals surface area contributed by atoms with E-state index < -0.39 is 5.69 Å². The number of aromatic amines is 1. The van der Waals surface area contributed by atoms with Crippen LogP contribution < -0.4 is 16.6 Å². The summed E-state index contributed by atoms with van der Waals surface area (Å²) in [5.74, 6) is 0.453. The van der Waals surface area contributed by atoms with Crippen molar-refractivity contribution in [2.45, 2.75) is 26.4 Å². The molecule has 0 fully saturated rings. The van der Waals surface area contributed by atoms with Crippen LogP contribution in [0.3, 0.4) is 0 Å². The van der Waals surface area contributed by atoms with Gasteiger partial charge < -0.3 is 5.32 Å². The van der Waals surface area contributed by atoms with Crippen molar-refractivity contribution < 1.29 is 0 Å². The van der Waals surface area contributed by atoms with E-state index in [1.165, 1.54) is 10.6 Å². The van der Waals surface area contributed by atoms with Crippen LogP contribution in [0.1, 0.15) is 19.4 Å². The van der Waals surface area contributed by atoms with Crippen molar-refractivity contribution in [2.75, 3.05) is 5.32 Å². The second-order valence-corrected chi connectivity index (χ2v) is 4.70. The highest BCUT2D eigenvalue weighted by molar-refractivity contribution is 5.32. The van der Waals surface area contributed by atoms with E-state index in [1.54, 1.807) is 0 Å². The lowest BCUT2D eigenvalue weighted by molar-refractivity contribution is 0.697. The second-order valence-electron chi connectivity index (χ2n) is 4.70. The first-order valence-electron chi connectivity index (χ1n) is 6.21. The molecule has 0 unspecified atom stereocenters. The third kappa shape index (κ3) is 3.34. The first-order valence-corrected chi connectivity index (χ1v) is 6.21. The summed E-state index contributed by atoms with van der Waals surface area (Å²) in [5, 5.41) is 3.01. The second kappa shape index (κ2) is 5.56. The molecule has 2 N–H and O–H groups in total. The van der Waals surface area contributed by atoms with Crippen molar-refractivity contribution in [3.63, 3.8) is 0 Å². The summed E-state index contributed by atoms with van der Waals surface area (Å²) in [6.07, 6.45) is 0. The molecule has 0 aliphatic heterocycles. The lowest BCUT2D eigenvalue weighted by Gasteiger charge is -2.10. The van der Waals surface area contributed by atoms with E-state index in [2.05, 4.69) is 10.3 Å². The fourth-order valence-electron chi connectivity index (χ4n) is 1.82. The molecule has 0 saturated carbocycles. The number of anilines is 1. The molecule has 0 spiro atoms. The number of nitrogens with zero attached hydrogens (tertiary/aromatic N) is 1. The number of hydrogen-bond acceptors (Lipinski definition) is 3. The van der Waals surface area contributed by atoms with Gasteiger partial charge in [0.05, 0.1) is 6.54 Å². The van der Waals surface area contributed by atoms with Crippen molar-refractivity contribution in [3.8, 4) is 0 Å². The highest BCUT2D eigenvalue weighted by atomic mass is 16.2. The third-order valence-corrected chi connectivity index (χ3v) is 2.65. The van der Waals surface area contributed by atoms with Gasteiger partial charge >= 0.3 is 5.69 Å². The number of benzene rings is 1. The molecule has 19 heavy (non-hydrogen) atoms. The minimum atomic E-state index is -0.403. The Kier molecular flexibility index (Phi) is 3.85. The van der Waals surface area contributed by atoms with Crippen LogP contribution in [0.4, 0.5) is 5.82 Å². The predicted molar refractivity (Wildman–Crippen MR) is 75.6 cm³/mol. The number of rotatable bonds is 4.